The maximum Gasteiger partial charge on any atom is 0.189 e. The number of Topliss-reactive ketones (excluding diaryl/α,β-unsaturated/α-hetero) is 1. The summed E-state index contributed by atoms with van der Waals surface area (Å²) in [7, 11) is 0. The summed E-state index contributed by atoms with van der Waals surface area (Å²) in [6.07, 6.45) is 11.1. The number of carbonyl (C=O) groups is 1. The maximum atomic E-state index is 14.7. The molecule has 0 aliphatic heterocycles. The van der Waals surface area contributed by atoms with Crippen LogP contribution in [0.1, 0.15) is 97.7 Å². The number of nitrogens with one attached hydrogen (secondary N) is 2. The molecule has 2 aromatic heterocycles. The predicted molar refractivity (Wildman–Crippen MR) is 227 cm³/mol. The summed E-state index contributed by atoms with van der Waals surface area (Å²) in [6, 6.07) is 22.9. The van der Waals surface area contributed by atoms with E-state index in [1.165, 1.54) is 35.3 Å². The van der Waals surface area contributed by atoms with Crippen LogP contribution in [0.4, 0.5) is 5.69 Å². The quantitative estimate of drug-likeness (QED) is 0.0517. The lowest BCUT2D eigenvalue weighted by Gasteiger charge is -2.45. The first-order valence-corrected chi connectivity index (χ1v) is 21.7. The fourth-order valence-corrected chi connectivity index (χ4v) is 12.0. The molecule has 286 valence electrons. The van der Waals surface area contributed by atoms with E-state index >= 15 is 0 Å². The molecule has 2 aromatic carbocycles. The number of fused-ring (bicyclic) bond motifs is 1. The zero-order valence-electron chi connectivity index (χ0n) is 31.8. The van der Waals surface area contributed by atoms with Crippen LogP contribution in [0, 0.1) is 35.5 Å². The Morgan fingerprint density at radius 2 is 1.78 bits per heavy atom. The molecule has 0 radical (unpaired) electrons. The van der Waals surface area contributed by atoms with Gasteiger partial charge in [0.25, 0.3) is 0 Å². The minimum Gasteiger partial charge on any atom is -0.508 e. The third-order valence-electron chi connectivity index (χ3n) is 12.3. The first-order valence-electron chi connectivity index (χ1n) is 20.1. The number of phenols is 1. The van der Waals surface area contributed by atoms with Gasteiger partial charge in [0.15, 0.2) is 11.7 Å². The van der Waals surface area contributed by atoms with Crippen molar-refractivity contribution in [3.05, 3.63) is 92.5 Å². The average Bonchev–Trinajstić information content (AvgIpc) is 3.83. The number of aliphatic hydroxyl groups is 1. The van der Waals surface area contributed by atoms with Crippen molar-refractivity contribution in [2.24, 2.45) is 34.4 Å². The Hall–Kier alpha value is -4.36. The van der Waals surface area contributed by atoms with Crippen LogP contribution in [0.3, 0.4) is 0 Å². The SMILES string of the molecule is CC#Cc1ccc(-c2ccc(C(=O)[C@@H]3CC[C@@H]4[C@H](N=C(N)NC5CCCCC5)[C@H](c5cc(O)cc(NC[C@H](C)O)c5)CCC5=c6ccccc6=C[C@H]3[C@@H]54)s2)s1. The highest BCUT2D eigenvalue weighted by Gasteiger charge is 2.50. The van der Waals surface area contributed by atoms with E-state index in [1.807, 2.05) is 19.1 Å². The van der Waals surface area contributed by atoms with E-state index in [0.717, 1.165) is 69.3 Å². The molecule has 0 spiro atoms. The summed E-state index contributed by atoms with van der Waals surface area (Å²) in [4.78, 5) is 24.3. The molecular formula is C46H52N4O3S2. The van der Waals surface area contributed by atoms with Gasteiger partial charge in [-0.05, 0) is 123 Å². The number of hydrogen-bond donors (Lipinski definition) is 5. The molecule has 2 heterocycles. The van der Waals surface area contributed by atoms with Gasteiger partial charge in [-0.1, -0.05) is 61.1 Å². The van der Waals surface area contributed by atoms with Crippen LogP contribution in [0.15, 0.2) is 71.7 Å². The van der Waals surface area contributed by atoms with E-state index in [0.29, 0.717) is 18.5 Å². The minimum atomic E-state index is -0.526. The third-order valence-corrected chi connectivity index (χ3v) is 14.6. The van der Waals surface area contributed by atoms with E-state index in [-0.39, 0.29) is 47.2 Å². The van der Waals surface area contributed by atoms with Crippen LogP contribution >= 0.6 is 22.7 Å². The van der Waals surface area contributed by atoms with Gasteiger partial charge >= 0.3 is 0 Å². The van der Waals surface area contributed by atoms with Gasteiger partial charge in [0, 0.05) is 45.9 Å². The molecule has 7 nitrogen and oxygen atoms in total. The number of thiophene rings is 2. The van der Waals surface area contributed by atoms with E-state index < -0.39 is 6.10 Å². The molecular weight excluding hydrogens is 721 g/mol. The van der Waals surface area contributed by atoms with Crippen molar-refractivity contribution in [1.29, 1.82) is 0 Å². The third kappa shape index (κ3) is 8.00. The number of benzene rings is 2. The molecule has 55 heavy (non-hydrogen) atoms. The van der Waals surface area contributed by atoms with Crippen molar-refractivity contribution < 1.29 is 15.0 Å². The average molecular weight is 773 g/mol. The van der Waals surface area contributed by atoms with Crippen molar-refractivity contribution in [2.75, 3.05) is 11.9 Å². The lowest BCUT2D eigenvalue weighted by atomic mass is 9.59. The van der Waals surface area contributed by atoms with Crippen molar-refractivity contribution >= 4 is 51.8 Å². The predicted octanol–water partition coefficient (Wildman–Crippen LogP) is 7.62. The number of aliphatic imine (C=N–C) groups is 1. The number of aliphatic hydroxyl groups excluding tert-OH is 1. The normalized spacial score (nSPS) is 25.7. The molecule has 4 aromatic rings. The molecule has 0 unspecified atom stereocenters. The number of aromatic hydroxyl groups is 1. The molecule has 9 heteroatoms. The number of phenolic OH excluding ortho intramolecular Hbond substituents is 1. The van der Waals surface area contributed by atoms with Crippen LogP contribution in [0.5, 0.6) is 5.75 Å². The summed E-state index contributed by atoms with van der Waals surface area (Å²) in [5.74, 6) is 7.24. The number of anilines is 1. The number of carbonyl (C=O) groups excluding carboxylic acids is 1. The van der Waals surface area contributed by atoms with Crippen LogP contribution in [0.25, 0.3) is 21.4 Å². The van der Waals surface area contributed by atoms with Crippen molar-refractivity contribution in [3.63, 3.8) is 0 Å². The molecule has 4 aliphatic rings. The lowest BCUT2D eigenvalue weighted by molar-refractivity contribution is 0.0767. The van der Waals surface area contributed by atoms with Gasteiger partial charge in [-0.3, -0.25) is 4.79 Å². The fraction of sp³-hybridized carbons (Fsp3) is 0.435. The van der Waals surface area contributed by atoms with E-state index in [9.17, 15) is 15.0 Å². The number of ketones is 1. The molecule has 4 aliphatic carbocycles. The summed E-state index contributed by atoms with van der Waals surface area (Å²) in [6.45, 7) is 3.99. The molecule has 3 fully saturated rings. The second-order valence-electron chi connectivity index (χ2n) is 16.0. The Bertz CT molecular complexity index is 2250. The Kier molecular flexibility index (Phi) is 11.2. The van der Waals surface area contributed by atoms with Crippen molar-refractivity contribution in [1.82, 2.24) is 5.32 Å². The smallest absolute Gasteiger partial charge is 0.189 e. The van der Waals surface area contributed by atoms with Crippen molar-refractivity contribution in [2.45, 2.75) is 95.7 Å². The second kappa shape index (κ2) is 16.4. The first kappa shape index (κ1) is 37.6. The van der Waals surface area contributed by atoms with Gasteiger partial charge in [0.2, 0.25) is 0 Å². The van der Waals surface area contributed by atoms with Gasteiger partial charge in [0.1, 0.15) is 5.75 Å². The number of nitrogens with zero attached hydrogens (tertiary/aromatic N) is 1. The summed E-state index contributed by atoms with van der Waals surface area (Å²) in [5.41, 5.74) is 10.1. The number of hydrogen-bond acceptors (Lipinski definition) is 7. The van der Waals surface area contributed by atoms with Gasteiger partial charge in [-0.2, -0.15) is 0 Å². The highest BCUT2D eigenvalue weighted by Crippen LogP contribution is 2.54. The number of guanidine groups is 1. The topological polar surface area (TPSA) is 120 Å². The molecule has 6 N–H and O–H groups in total. The molecule has 0 amide bonds. The minimum absolute atomic E-state index is 0.0120. The highest BCUT2D eigenvalue weighted by atomic mass is 32.1. The Labute approximate surface area is 332 Å². The number of rotatable bonds is 9. The van der Waals surface area contributed by atoms with Gasteiger partial charge in [-0.15, -0.1) is 28.6 Å². The first-order chi connectivity index (χ1) is 26.7. The number of nitrogens with two attached hydrogens (primary N) is 1. The summed E-state index contributed by atoms with van der Waals surface area (Å²) < 4.78 is 0. The standard InChI is InChI=1S/C46H52N4O3S2/c1-3-9-33-14-19-40(54-33)41-20-21-42(55-41)45(53)37-17-18-38-43-36(34-13-8-7-10-28(34)24-39(37)43)16-15-35(29-22-31(25-32(52)23-29)48-26-27(2)51)44(38)50-46(47)49-30-11-5-4-6-12-30/h7-8,10,13-14,19-25,27,30,35,37-39,43-44,48,51-52H,4-6,11-12,15-18,26H2,1-2H3,(H3,47,49,50)/t27-,35-,37+,38-,39+,43-,44+/m0/s1. The van der Waals surface area contributed by atoms with Crippen LogP contribution in [-0.4, -0.2) is 46.7 Å². The molecule has 7 atom stereocenters. The zero-order valence-corrected chi connectivity index (χ0v) is 33.4. The van der Waals surface area contributed by atoms with Gasteiger partial charge in [0.05, 0.1) is 21.9 Å². The lowest BCUT2D eigenvalue weighted by Crippen LogP contribution is -2.49. The summed E-state index contributed by atoms with van der Waals surface area (Å²) >= 11 is 3.27. The Morgan fingerprint density at radius 3 is 2.60 bits per heavy atom. The molecule has 0 saturated heterocycles. The van der Waals surface area contributed by atoms with E-state index in [1.54, 1.807) is 35.7 Å². The van der Waals surface area contributed by atoms with Crippen molar-refractivity contribution in [3.8, 4) is 27.3 Å². The Balaban J connectivity index is 1.19. The molecule has 8 rings (SSSR count). The highest BCUT2D eigenvalue weighted by molar-refractivity contribution is 7.23. The fourth-order valence-electron chi connectivity index (χ4n) is 9.95. The second-order valence-corrected chi connectivity index (χ2v) is 18.1. The van der Waals surface area contributed by atoms with Crippen LogP contribution < -0.4 is 26.8 Å². The van der Waals surface area contributed by atoms with E-state index in [2.05, 4.69) is 77.1 Å². The van der Waals surface area contributed by atoms with Gasteiger partial charge < -0.3 is 26.6 Å². The zero-order chi connectivity index (χ0) is 38.1. The Morgan fingerprint density at radius 1 is 0.982 bits per heavy atom. The van der Waals surface area contributed by atoms with Crippen LogP contribution in [-0.2, 0) is 0 Å². The molecule has 3 saturated carbocycles. The van der Waals surface area contributed by atoms with Gasteiger partial charge in [-0.25, -0.2) is 4.99 Å². The van der Waals surface area contributed by atoms with E-state index in [4.69, 9.17) is 10.7 Å². The monoisotopic (exact) mass is 772 g/mol. The summed E-state index contributed by atoms with van der Waals surface area (Å²) in [5, 5.41) is 30.5. The maximum absolute atomic E-state index is 14.7. The molecule has 0 bridgehead atoms. The largest absolute Gasteiger partial charge is 0.508 e. The van der Waals surface area contributed by atoms with Crippen LogP contribution in [0.2, 0.25) is 0 Å².